The van der Waals surface area contributed by atoms with E-state index in [1.165, 1.54) is 24.3 Å². The van der Waals surface area contributed by atoms with Crippen molar-refractivity contribution in [1.82, 2.24) is 84.3 Å². The Balaban J connectivity index is 1.65. The van der Waals surface area contributed by atoms with E-state index in [0.29, 0.717) is 28.5 Å². The van der Waals surface area contributed by atoms with Crippen LogP contribution in [0.15, 0.2) is 60.8 Å². The van der Waals surface area contributed by atoms with Crippen LogP contribution in [0.5, 0.6) is 0 Å². The molecule has 1 saturated heterocycles. The zero-order valence-electron chi connectivity index (χ0n) is 74.3. The van der Waals surface area contributed by atoms with Gasteiger partial charge in [-0.3, -0.25) is 101 Å². The Morgan fingerprint density at radius 1 is 0.420 bits per heavy atom. The van der Waals surface area contributed by atoms with E-state index in [-0.39, 0.29) is 76.3 Å². The molecule has 47 nitrogen and oxygen atoms in total. The molecule has 4 rings (SSSR count). The summed E-state index contributed by atoms with van der Waals surface area (Å²) in [6.07, 6.45) is -6.43. The summed E-state index contributed by atoms with van der Waals surface area (Å²) in [6.45, 7) is 10.1. The molecule has 131 heavy (non-hydrogen) atoms. The number of carboxylic acids is 3. The van der Waals surface area contributed by atoms with Gasteiger partial charge < -0.3 is 138 Å². The van der Waals surface area contributed by atoms with Gasteiger partial charge in [-0.1, -0.05) is 90.1 Å². The third-order valence-electron chi connectivity index (χ3n) is 20.8. The Kier molecular flexibility index (Phi) is 46.1. The van der Waals surface area contributed by atoms with E-state index in [9.17, 15) is 122 Å². The number of nitrogens with two attached hydrogens (primary N) is 4. The van der Waals surface area contributed by atoms with Crippen LogP contribution in [0.4, 0.5) is 0 Å². The number of carboxylic acid groups (broad SMARTS) is 3. The van der Waals surface area contributed by atoms with Gasteiger partial charge in [-0.05, 0) is 119 Å². The molecule has 0 saturated carbocycles. The largest absolute Gasteiger partial charge is 0.481 e. The fourth-order valence-corrected chi connectivity index (χ4v) is 14.1. The van der Waals surface area contributed by atoms with E-state index >= 15 is 9.59 Å². The molecule has 3 aromatic rings. The molecule has 2 heterocycles. The Morgan fingerprint density at radius 2 is 0.824 bits per heavy atom. The maximum atomic E-state index is 15.2. The zero-order chi connectivity index (χ0) is 98.2. The Morgan fingerprint density at radius 3 is 1.31 bits per heavy atom. The van der Waals surface area contributed by atoms with Crippen LogP contribution in [0, 0.1) is 17.8 Å². The number of nitrogens with zero attached hydrogens (tertiary/aromatic N) is 1. The molecular formula is C84H126N20O27. The Bertz CT molecular complexity index is 4490. The van der Waals surface area contributed by atoms with Gasteiger partial charge in [0.25, 0.3) is 0 Å². The molecule has 18 amide bonds. The second-order valence-electron chi connectivity index (χ2n) is 33.2. The Labute approximate surface area is 754 Å². The molecule has 1 aromatic heterocycles. The highest BCUT2D eigenvalue weighted by Gasteiger charge is 2.43. The van der Waals surface area contributed by atoms with Crippen LogP contribution in [0.1, 0.15) is 169 Å². The predicted octanol–water partition coefficient (Wildman–Crippen LogP) is -6.79. The zero-order valence-corrected chi connectivity index (χ0v) is 74.3. The molecule has 1 fully saturated rings. The highest BCUT2D eigenvalue weighted by atomic mass is 16.4. The average molecular weight is 1850 g/mol. The molecule has 0 unspecified atom stereocenters. The first-order chi connectivity index (χ1) is 61.7. The molecule has 0 aliphatic carbocycles. The minimum absolute atomic E-state index is 0.0349. The lowest BCUT2D eigenvalue weighted by atomic mass is 9.98. The van der Waals surface area contributed by atoms with E-state index in [2.05, 4.69) is 79.4 Å². The number of benzene rings is 2. The first kappa shape index (κ1) is 110. The van der Waals surface area contributed by atoms with Gasteiger partial charge in [-0.2, -0.15) is 0 Å². The molecule has 16 atom stereocenters. The molecule has 0 radical (unpaired) electrons. The Hall–Kier alpha value is -13.3. The van der Waals surface area contributed by atoms with Crippen molar-refractivity contribution in [3.8, 4) is 0 Å². The maximum Gasteiger partial charge on any atom is 0.305 e. The standard InChI is InChI=1S/C84H126N20O27/c1-41(2)31-54(95-76(123)56(33-43(5)6)100-82(129)63-22-16-30-104(63)84(131)53(25-28-67(113)114)94-78(125)59(36-65(87)110)90-45(8)108)74(121)91-50(21-14-15-29-85)71(118)98-58(35-47-38-89-49-20-13-12-19-48(47)49)77(124)96-55(32-42(3)4)75(122)99-60(37-68(115)116)79(126)102-62(40-106)81(128)97-57(34-46-17-10-9-11-18-46)80(127)103-69(44(7)107)83(130)93-52(24-27-66(111)112)72(119)92-51(23-26-64(86)109)73(120)101-61(39-105)70(88)117/h9-13,17-20,38,41-44,50-63,69,89,105-107H,14-16,21-37,39-40,85H2,1-8H3,(H2,86,109)(H2,87,110)(H2,88,117)(H,90,108)(H,91,121)(H,92,119)(H,93,130)(H,94,125)(H,95,123)(H,96,124)(H,97,128)(H,98,118)(H,99,122)(H,100,129)(H,101,120)(H,102,126)(H,103,127)(H,111,112)(H,113,114)(H,115,116)/t44-,50+,51+,52+,53+,54+,55+,56+,57+,58+,59+,60+,61+,62+,63+,69+/m1/s1. The highest BCUT2D eigenvalue weighted by Crippen LogP contribution is 2.24. The van der Waals surface area contributed by atoms with E-state index in [1.807, 2.05) is 0 Å². The molecular weight excluding hydrogens is 1720 g/mol. The van der Waals surface area contributed by atoms with Crippen LogP contribution in [0.25, 0.3) is 10.9 Å². The number of aliphatic carboxylic acids is 3. The molecule has 1 aliphatic heterocycles. The number of likely N-dealkylation sites (tertiary alicyclic amines) is 1. The number of unbranched alkanes of at least 4 members (excludes halogenated alkanes) is 1. The van der Waals surface area contributed by atoms with Crippen molar-refractivity contribution in [3.63, 3.8) is 0 Å². The number of amides is 18. The summed E-state index contributed by atoms with van der Waals surface area (Å²) in [5.41, 5.74) is 23.1. The molecule has 0 spiro atoms. The van der Waals surface area contributed by atoms with Crippen molar-refractivity contribution in [2.45, 2.75) is 268 Å². The summed E-state index contributed by atoms with van der Waals surface area (Å²) < 4.78 is 0. The van der Waals surface area contributed by atoms with Gasteiger partial charge in [0.15, 0.2) is 0 Å². The quantitative estimate of drug-likeness (QED) is 0.0234. The summed E-state index contributed by atoms with van der Waals surface area (Å²) in [4.78, 5) is 289. The number of aromatic nitrogens is 1. The van der Waals surface area contributed by atoms with Crippen molar-refractivity contribution in [1.29, 1.82) is 0 Å². The van der Waals surface area contributed by atoms with Gasteiger partial charge in [-0.15, -0.1) is 0 Å². The fourth-order valence-electron chi connectivity index (χ4n) is 14.1. The number of hydrogen-bond acceptors (Lipinski definition) is 25. The smallest absolute Gasteiger partial charge is 0.305 e. The lowest BCUT2D eigenvalue weighted by molar-refractivity contribution is -0.144. The first-order valence-electron chi connectivity index (χ1n) is 42.9. The molecule has 29 N–H and O–H groups in total. The van der Waals surface area contributed by atoms with Gasteiger partial charge in [0.05, 0.1) is 32.2 Å². The number of H-pyrrole nitrogens is 1. The van der Waals surface area contributed by atoms with E-state index in [4.69, 9.17) is 22.9 Å². The monoisotopic (exact) mass is 1850 g/mol. The van der Waals surface area contributed by atoms with Crippen molar-refractivity contribution >= 4 is 135 Å². The van der Waals surface area contributed by atoms with E-state index < -0.39 is 298 Å². The van der Waals surface area contributed by atoms with Crippen LogP contribution < -0.4 is 97.4 Å². The molecule has 724 valence electrons. The average Bonchev–Trinajstić information content (AvgIpc) is 1.19. The van der Waals surface area contributed by atoms with E-state index in [1.54, 1.807) is 78.1 Å². The summed E-state index contributed by atoms with van der Waals surface area (Å²) in [5.74, 6) is -25.2. The fraction of sp³-hybridized carbons (Fsp3) is 0.583. The number of fused-ring (bicyclic) bond motifs is 1. The van der Waals surface area contributed by atoms with Crippen molar-refractivity contribution in [2.24, 2.45) is 40.7 Å². The molecule has 47 heteroatoms. The summed E-state index contributed by atoms with van der Waals surface area (Å²) in [6, 6.07) is -11.0. The van der Waals surface area contributed by atoms with Crippen LogP contribution in [0.2, 0.25) is 0 Å². The number of rotatable bonds is 59. The normalized spacial score (nSPS) is 15.8. The number of hydrogen-bond donors (Lipinski definition) is 25. The second kappa shape index (κ2) is 54.9. The number of nitrogens with one attached hydrogen (secondary N) is 15. The topological polar surface area (TPSA) is 771 Å². The summed E-state index contributed by atoms with van der Waals surface area (Å²) >= 11 is 0. The summed E-state index contributed by atoms with van der Waals surface area (Å²) in [7, 11) is 0. The SMILES string of the molecule is CC(=O)N[C@@H](CC(N)=O)C(=O)N[C@@H](CCC(=O)O)C(=O)N1CCC[C@H]1C(=O)N[C@@H](CC(C)C)C(=O)N[C@@H](CC(C)C)C(=O)N[C@@H](CCCCN)C(=O)N[C@@H](Cc1c[nH]c2ccccc12)C(=O)N[C@@H](CC(C)C)C(=O)N[C@@H](CC(=O)O)C(=O)N[C@@H](CO)C(=O)N[C@@H](Cc1ccccc1)C(=O)N[C@H](C(=O)N[C@@H](CCC(=O)O)C(=O)N[C@@H](CCC(N)=O)C(=O)N[C@@H](CO)C(N)=O)[C@@H](C)O. The molecule has 2 aromatic carbocycles. The van der Waals surface area contributed by atoms with Crippen LogP contribution in [0.3, 0.4) is 0 Å². The number of para-hydroxylation sites is 1. The number of carbonyl (C=O) groups excluding carboxylic acids is 18. The van der Waals surface area contributed by atoms with Gasteiger partial charge in [0.2, 0.25) is 106 Å². The third-order valence-corrected chi connectivity index (χ3v) is 20.8. The van der Waals surface area contributed by atoms with Crippen LogP contribution >= 0.6 is 0 Å². The van der Waals surface area contributed by atoms with Gasteiger partial charge in [0, 0.05) is 62.7 Å². The molecule has 1 aliphatic rings. The number of primary amides is 3. The number of carbonyl (C=O) groups is 21. The number of aromatic amines is 1. The third kappa shape index (κ3) is 38.1. The first-order valence-corrected chi connectivity index (χ1v) is 42.9. The van der Waals surface area contributed by atoms with E-state index in [0.717, 1.165) is 18.7 Å². The predicted molar refractivity (Wildman–Crippen MR) is 464 cm³/mol. The van der Waals surface area contributed by atoms with Crippen LogP contribution in [-0.2, 0) is 114 Å². The van der Waals surface area contributed by atoms with Gasteiger partial charge in [-0.25, -0.2) is 0 Å². The minimum Gasteiger partial charge on any atom is -0.481 e. The number of aliphatic hydroxyl groups is 3. The van der Waals surface area contributed by atoms with Crippen molar-refractivity contribution in [2.75, 3.05) is 26.3 Å². The maximum absolute atomic E-state index is 15.2. The highest BCUT2D eigenvalue weighted by molar-refractivity contribution is 6.02. The lowest BCUT2D eigenvalue weighted by Crippen LogP contribution is -2.62. The molecule has 0 bridgehead atoms. The van der Waals surface area contributed by atoms with Crippen LogP contribution in [-0.4, -0.2) is 288 Å². The van der Waals surface area contributed by atoms with Gasteiger partial charge in [0.1, 0.15) is 90.6 Å². The number of aliphatic hydroxyl groups excluding tert-OH is 3. The van der Waals surface area contributed by atoms with Crippen molar-refractivity contribution < 1.29 is 131 Å². The summed E-state index contributed by atoms with van der Waals surface area (Å²) in [5, 5.41) is 94.9. The van der Waals surface area contributed by atoms with Crippen molar-refractivity contribution in [3.05, 3.63) is 71.9 Å². The second-order valence-corrected chi connectivity index (χ2v) is 33.2. The van der Waals surface area contributed by atoms with Gasteiger partial charge >= 0.3 is 17.9 Å². The lowest BCUT2D eigenvalue weighted by Gasteiger charge is -2.31. The minimum atomic E-state index is -2.14.